The summed E-state index contributed by atoms with van der Waals surface area (Å²) in [4.78, 5) is 3.10. The number of nitrogens with one attached hydrogen (secondary N) is 1. The van der Waals surface area contributed by atoms with Gasteiger partial charge in [-0.3, -0.25) is 0 Å². The summed E-state index contributed by atoms with van der Waals surface area (Å²) >= 11 is 0. The normalized spacial score (nSPS) is 13.5. The van der Waals surface area contributed by atoms with Gasteiger partial charge in [0.05, 0.1) is 0 Å². The molecule has 1 rings (SSSR count). The van der Waals surface area contributed by atoms with Gasteiger partial charge in [0.25, 0.3) is 0 Å². The van der Waals surface area contributed by atoms with Crippen LogP contribution in [0.25, 0.3) is 0 Å². The Labute approximate surface area is 60.9 Å². The first-order chi connectivity index (χ1) is 4.74. The first-order valence-electron chi connectivity index (χ1n) is 3.63. The van der Waals surface area contributed by atoms with Crippen molar-refractivity contribution >= 4 is 0 Å². The van der Waals surface area contributed by atoms with Gasteiger partial charge >= 0.3 is 0 Å². The lowest BCUT2D eigenvalue weighted by molar-refractivity contribution is 0.682. The monoisotopic (exact) mass is 139 g/mol. The van der Waals surface area contributed by atoms with E-state index in [-0.39, 0.29) is 0 Å². The van der Waals surface area contributed by atoms with Gasteiger partial charge in [0.1, 0.15) is 11.6 Å². The molecule has 1 N–H and O–H groups in total. The lowest BCUT2D eigenvalue weighted by Gasteiger charge is -2.00. The minimum atomic E-state index is 0.501. The number of nitrogens with zero attached hydrogens (tertiary/aromatic N) is 2. The van der Waals surface area contributed by atoms with Gasteiger partial charge in [0.15, 0.2) is 0 Å². The maximum atomic E-state index is 3.98. The van der Waals surface area contributed by atoms with Crippen LogP contribution in [0.15, 0.2) is 0 Å². The standard InChI is InChI=1S/C7H13N3/c1-4-5(2)7-8-6(3)9-10-7/h5H,4H2,1-3H3,(H,8,9,10). The molecular weight excluding hydrogens is 126 g/mol. The average molecular weight is 139 g/mol. The van der Waals surface area contributed by atoms with E-state index in [0.717, 1.165) is 18.1 Å². The molecular formula is C7H13N3. The lowest BCUT2D eigenvalue weighted by Crippen LogP contribution is -1.93. The fourth-order valence-electron chi connectivity index (χ4n) is 0.779. The zero-order chi connectivity index (χ0) is 7.56. The number of aryl methyl sites for hydroxylation is 1. The van der Waals surface area contributed by atoms with E-state index >= 15 is 0 Å². The van der Waals surface area contributed by atoms with Crippen molar-refractivity contribution in [3.63, 3.8) is 0 Å². The smallest absolute Gasteiger partial charge is 0.133 e. The highest BCUT2D eigenvalue weighted by Gasteiger charge is 2.05. The second kappa shape index (κ2) is 2.82. The van der Waals surface area contributed by atoms with Crippen molar-refractivity contribution in [2.75, 3.05) is 0 Å². The van der Waals surface area contributed by atoms with E-state index in [2.05, 4.69) is 29.0 Å². The number of hydrogen-bond donors (Lipinski definition) is 1. The Balaban J connectivity index is 2.74. The summed E-state index contributed by atoms with van der Waals surface area (Å²) in [5.41, 5.74) is 0. The zero-order valence-corrected chi connectivity index (χ0v) is 6.68. The quantitative estimate of drug-likeness (QED) is 0.676. The molecule has 3 nitrogen and oxygen atoms in total. The van der Waals surface area contributed by atoms with Crippen LogP contribution in [-0.4, -0.2) is 15.2 Å². The van der Waals surface area contributed by atoms with Crippen molar-refractivity contribution in [2.24, 2.45) is 0 Å². The molecule has 0 radical (unpaired) electrons. The number of rotatable bonds is 2. The Morgan fingerprint density at radius 1 is 1.50 bits per heavy atom. The lowest BCUT2D eigenvalue weighted by atomic mass is 10.1. The summed E-state index contributed by atoms with van der Waals surface area (Å²) in [5.74, 6) is 2.40. The van der Waals surface area contributed by atoms with Crippen LogP contribution in [0, 0.1) is 6.92 Å². The van der Waals surface area contributed by atoms with Crippen molar-refractivity contribution in [3.05, 3.63) is 11.6 Å². The maximum Gasteiger partial charge on any atom is 0.133 e. The minimum absolute atomic E-state index is 0.501. The van der Waals surface area contributed by atoms with E-state index in [1.807, 2.05) is 6.92 Å². The first-order valence-corrected chi connectivity index (χ1v) is 3.63. The highest BCUT2D eigenvalue weighted by molar-refractivity contribution is 4.93. The molecule has 0 spiro atoms. The van der Waals surface area contributed by atoms with Crippen molar-refractivity contribution in [3.8, 4) is 0 Å². The van der Waals surface area contributed by atoms with Crippen LogP contribution in [-0.2, 0) is 0 Å². The van der Waals surface area contributed by atoms with E-state index in [1.165, 1.54) is 0 Å². The molecule has 1 heterocycles. The van der Waals surface area contributed by atoms with Gasteiger partial charge in [-0.2, -0.15) is 0 Å². The maximum absolute atomic E-state index is 3.98. The van der Waals surface area contributed by atoms with Crippen LogP contribution < -0.4 is 0 Å². The molecule has 0 amide bonds. The molecule has 56 valence electrons. The summed E-state index contributed by atoms with van der Waals surface area (Å²) in [6.07, 6.45) is 1.11. The van der Waals surface area contributed by atoms with E-state index < -0.39 is 0 Å². The fourth-order valence-corrected chi connectivity index (χ4v) is 0.779. The largest absolute Gasteiger partial charge is 0.329 e. The van der Waals surface area contributed by atoms with Gasteiger partial charge in [0.2, 0.25) is 0 Å². The minimum Gasteiger partial charge on any atom is -0.329 e. The highest BCUT2D eigenvalue weighted by Crippen LogP contribution is 2.12. The van der Waals surface area contributed by atoms with Gasteiger partial charge in [0, 0.05) is 5.92 Å². The van der Waals surface area contributed by atoms with E-state index in [4.69, 9.17) is 0 Å². The second-order valence-corrected chi connectivity index (χ2v) is 2.60. The fraction of sp³-hybridized carbons (Fsp3) is 0.714. The molecule has 1 aromatic heterocycles. The summed E-state index contributed by atoms with van der Waals surface area (Å²) in [6.45, 7) is 6.20. The molecule has 1 unspecified atom stereocenters. The van der Waals surface area contributed by atoms with Crippen molar-refractivity contribution in [1.82, 2.24) is 15.2 Å². The summed E-state index contributed by atoms with van der Waals surface area (Å²) < 4.78 is 0. The summed E-state index contributed by atoms with van der Waals surface area (Å²) in [5, 5.41) is 7.86. The predicted molar refractivity (Wildman–Crippen MR) is 39.8 cm³/mol. The van der Waals surface area contributed by atoms with Crippen LogP contribution in [0.4, 0.5) is 0 Å². The van der Waals surface area contributed by atoms with Crippen molar-refractivity contribution in [2.45, 2.75) is 33.1 Å². The molecule has 0 aliphatic rings. The Hall–Kier alpha value is -0.860. The Kier molecular flexibility index (Phi) is 2.04. The molecule has 1 aromatic rings. The summed E-state index contributed by atoms with van der Waals surface area (Å²) in [7, 11) is 0. The van der Waals surface area contributed by atoms with E-state index in [0.29, 0.717) is 5.92 Å². The van der Waals surface area contributed by atoms with Crippen LogP contribution in [0.5, 0.6) is 0 Å². The highest BCUT2D eigenvalue weighted by atomic mass is 15.2. The van der Waals surface area contributed by atoms with Gasteiger partial charge in [-0.25, -0.2) is 0 Å². The third-order valence-electron chi connectivity index (χ3n) is 1.70. The molecule has 3 heteroatoms. The molecule has 0 aliphatic carbocycles. The molecule has 10 heavy (non-hydrogen) atoms. The van der Waals surface area contributed by atoms with Gasteiger partial charge in [-0.1, -0.05) is 13.8 Å². The molecule has 0 fully saturated rings. The van der Waals surface area contributed by atoms with Crippen LogP contribution in [0.3, 0.4) is 0 Å². The van der Waals surface area contributed by atoms with Gasteiger partial charge < -0.3 is 4.98 Å². The SMILES string of the molecule is CCC(C)c1nnc(C)[nH]1. The molecule has 0 saturated heterocycles. The average Bonchev–Trinajstić information content (AvgIpc) is 2.34. The molecule has 0 saturated carbocycles. The molecule has 1 atom stereocenters. The molecule has 0 aliphatic heterocycles. The zero-order valence-electron chi connectivity index (χ0n) is 6.68. The summed E-state index contributed by atoms with van der Waals surface area (Å²) in [6, 6.07) is 0. The number of aromatic nitrogens is 3. The Morgan fingerprint density at radius 2 is 2.20 bits per heavy atom. The van der Waals surface area contributed by atoms with Crippen LogP contribution in [0.1, 0.15) is 37.8 Å². The van der Waals surface area contributed by atoms with Gasteiger partial charge in [-0.15, -0.1) is 10.2 Å². The molecule has 0 aromatic carbocycles. The van der Waals surface area contributed by atoms with Gasteiger partial charge in [-0.05, 0) is 13.3 Å². The van der Waals surface area contributed by atoms with E-state index in [9.17, 15) is 0 Å². The molecule has 0 bridgehead atoms. The number of hydrogen-bond acceptors (Lipinski definition) is 2. The van der Waals surface area contributed by atoms with Crippen LogP contribution in [0.2, 0.25) is 0 Å². The van der Waals surface area contributed by atoms with E-state index in [1.54, 1.807) is 0 Å². The van der Waals surface area contributed by atoms with Crippen LogP contribution >= 0.6 is 0 Å². The third kappa shape index (κ3) is 1.35. The Morgan fingerprint density at radius 3 is 2.60 bits per heavy atom. The predicted octanol–water partition coefficient (Wildman–Crippen LogP) is 1.63. The number of aromatic amines is 1. The number of H-pyrrole nitrogens is 1. The topological polar surface area (TPSA) is 41.6 Å². The first kappa shape index (κ1) is 7.25. The Bertz CT molecular complexity index is 204. The third-order valence-corrected chi connectivity index (χ3v) is 1.70. The second-order valence-electron chi connectivity index (χ2n) is 2.60. The van der Waals surface area contributed by atoms with Crippen molar-refractivity contribution in [1.29, 1.82) is 0 Å². The van der Waals surface area contributed by atoms with Crippen molar-refractivity contribution < 1.29 is 0 Å².